The van der Waals surface area contributed by atoms with Gasteiger partial charge < -0.3 is 39.9 Å². The second-order valence-corrected chi connectivity index (χ2v) is 17.6. The Bertz CT molecular complexity index is 2230. The van der Waals surface area contributed by atoms with Gasteiger partial charge in [-0.05, 0) is 63.3 Å². The van der Waals surface area contributed by atoms with Gasteiger partial charge in [-0.1, -0.05) is 25.5 Å². The van der Waals surface area contributed by atoms with Crippen molar-refractivity contribution in [3.8, 4) is 11.4 Å². The molecular weight excluding hydrogens is 1020 g/mol. The van der Waals surface area contributed by atoms with Crippen molar-refractivity contribution < 1.29 is 69.1 Å². The van der Waals surface area contributed by atoms with Gasteiger partial charge in [0.25, 0.3) is 17.4 Å². The zero-order valence-corrected chi connectivity index (χ0v) is 37.9. The number of nitrogens with one attached hydrogen (secondary N) is 2. The van der Waals surface area contributed by atoms with Gasteiger partial charge in [0.15, 0.2) is 0 Å². The molecule has 1 aromatic carbocycles. The van der Waals surface area contributed by atoms with Crippen molar-refractivity contribution in [3.63, 3.8) is 0 Å². The maximum absolute atomic E-state index is 13.9. The fourth-order valence-electron chi connectivity index (χ4n) is 7.15. The Hall–Kier alpha value is -4.54. The molecule has 1 fully saturated rings. The molecule has 2 aromatic heterocycles. The van der Waals surface area contributed by atoms with Gasteiger partial charge in [0.2, 0.25) is 5.60 Å². The molecule has 0 saturated carbocycles. The number of carbonyl (C=O) groups excluding carboxylic acids is 7. The van der Waals surface area contributed by atoms with Crippen LogP contribution in [0.4, 0.5) is 0 Å². The average molecular weight is 1070 g/mol. The molecular formula is C41H47Cl2N5O12Pt. The third-order valence-electron chi connectivity index (χ3n) is 10.2. The van der Waals surface area contributed by atoms with Gasteiger partial charge in [0.1, 0.15) is 12.4 Å². The van der Waals surface area contributed by atoms with Gasteiger partial charge in [-0.25, -0.2) is 14.6 Å². The average Bonchev–Trinajstić information content (AvgIpc) is 3.75. The number of hydrogen-bond donors (Lipinski definition) is 0. The molecule has 0 radical (unpaired) electrons. The van der Waals surface area contributed by atoms with Crippen LogP contribution in [0.1, 0.15) is 106 Å². The fraction of sp³-hybridized carbons (Fsp3) is 0.488. The summed E-state index contributed by atoms with van der Waals surface area (Å²) in [4.78, 5) is 107. The number of esters is 3. The number of aromatic nitrogens is 2. The van der Waals surface area contributed by atoms with Crippen LogP contribution in [0.15, 0.2) is 29.1 Å². The van der Waals surface area contributed by atoms with Crippen LogP contribution in [0.2, 0.25) is 0 Å². The number of ether oxygens (including phenoxy) is 3. The van der Waals surface area contributed by atoms with E-state index < -0.39 is 63.9 Å². The van der Waals surface area contributed by atoms with Crippen LogP contribution in [0.25, 0.3) is 33.8 Å². The van der Waals surface area contributed by atoms with E-state index in [0.717, 1.165) is 34.0 Å². The van der Waals surface area contributed by atoms with E-state index in [1.165, 1.54) is 6.92 Å². The number of halogens is 2. The number of imide groups is 1. The SMILES string of the molecule is CC(=O)CCCC(=O)OC(C[NH-])C[NH-].CCc1c2c(nc3ccc(C)cc13)-c1cc3c(c(=O)n1C2)COC(=O)[C@@]3(CC)OC(=O)CCCC(=O)ON1C(=O)CCC1=O.[Cl][Pt+2][Cl]. The zero-order chi connectivity index (χ0) is 45.0. The number of aryl methyl sites for hydroxylation is 2. The molecule has 17 nitrogen and oxygen atoms in total. The Morgan fingerprint density at radius 1 is 0.918 bits per heavy atom. The van der Waals surface area contributed by atoms with Crippen LogP contribution in [-0.4, -0.2) is 75.3 Å². The molecule has 2 amide bonds. The molecule has 6 rings (SSSR count). The van der Waals surface area contributed by atoms with Gasteiger partial charge in [-0.2, -0.15) is 0 Å². The monoisotopic (exact) mass is 1070 g/mol. The number of fused-ring (bicyclic) bond motifs is 5. The molecule has 2 N–H and O–H groups in total. The van der Waals surface area contributed by atoms with E-state index >= 15 is 0 Å². The molecule has 1 saturated heterocycles. The topological polar surface area (TPSA) is 242 Å². The fourth-order valence-corrected chi connectivity index (χ4v) is 7.15. The summed E-state index contributed by atoms with van der Waals surface area (Å²) in [5.74, 6) is -3.99. The number of nitrogens with zero attached hydrogens (tertiary/aromatic N) is 3. The molecule has 1 atom stereocenters. The molecule has 3 aromatic rings. The molecule has 5 heterocycles. The van der Waals surface area contributed by atoms with Crippen LogP contribution < -0.4 is 5.56 Å². The quantitative estimate of drug-likeness (QED) is 0.0710. The Kier molecular flexibility index (Phi) is 18.1. The standard InChI is InChI=1S/C32H31N3O9.C9H16N2O3.2ClH.Pt/c1-4-18-19-13-17(3)9-10-23(19)33-29-20(18)15-34-24(29)14-22-21(30(34)40)16-42-31(41)32(22,5-2)43-27(38)7-6-8-28(39)44-35-25(36)11-12-26(35)37;1-7(12)3-2-4-9(13)14-8(5-10)6-11;;;/h9-10,13-14H,4-8,11-12,15-16H2,1-3H3;8,10-11H,2-6H2,1H3;2*1H;/q;-2;;;+4/p-2/t32-;;;;/m0..../s1. The van der Waals surface area contributed by atoms with Crippen LogP contribution >= 0.6 is 18.8 Å². The minimum atomic E-state index is -1.86. The molecule has 61 heavy (non-hydrogen) atoms. The first-order valence-corrected chi connectivity index (χ1v) is 25.2. The summed E-state index contributed by atoms with van der Waals surface area (Å²) in [6, 6.07) is 7.75. The minimum absolute atomic E-state index is 0.00614. The molecule has 0 unspecified atom stereocenters. The van der Waals surface area contributed by atoms with E-state index in [1.54, 1.807) is 17.6 Å². The van der Waals surface area contributed by atoms with Gasteiger partial charge in [0, 0.05) is 55.0 Å². The van der Waals surface area contributed by atoms with Crippen molar-refractivity contribution in [1.82, 2.24) is 14.6 Å². The first-order valence-electron chi connectivity index (χ1n) is 19.5. The number of pyridine rings is 2. The zero-order valence-electron chi connectivity index (χ0n) is 34.1. The number of Topliss-reactive ketones (excluding diaryl/α,β-unsaturated/α-hetero) is 1. The molecule has 0 aliphatic carbocycles. The van der Waals surface area contributed by atoms with Crippen LogP contribution in [0.5, 0.6) is 0 Å². The van der Waals surface area contributed by atoms with Crippen molar-refractivity contribution in [2.24, 2.45) is 0 Å². The van der Waals surface area contributed by atoms with E-state index in [2.05, 4.69) is 13.0 Å². The van der Waals surface area contributed by atoms with E-state index in [4.69, 9.17) is 54.3 Å². The summed E-state index contributed by atoms with van der Waals surface area (Å²) in [5, 5.41) is 1.48. The van der Waals surface area contributed by atoms with Crippen molar-refractivity contribution in [2.45, 2.75) is 117 Å². The maximum atomic E-state index is 13.9. The molecule has 3 aliphatic rings. The summed E-state index contributed by atoms with van der Waals surface area (Å²) in [6.07, 6.45) is 0.563. The first-order chi connectivity index (χ1) is 29.1. The summed E-state index contributed by atoms with van der Waals surface area (Å²) in [7, 11) is 9.75. The molecule has 3 aliphatic heterocycles. The van der Waals surface area contributed by atoms with Crippen LogP contribution in [0, 0.1) is 6.92 Å². The Morgan fingerprint density at radius 2 is 1.54 bits per heavy atom. The third-order valence-corrected chi connectivity index (χ3v) is 10.2. The summed E-state index contributed by atoms with van der Waals surface area (Å²) >= 11 is -0.472. The second-order valence-electron chi connectivity index (χ2n) is 14.4. The Morgan fingerprint density at radius 3 is 2.15 bits per heavy atom. The predicted octanol–water partition coefficient (Wildman–Crippen LogP) is 6.42. The normalized spacial score (nSPS) is 16.1. The number of cyclic esters (lactones) is 1. The van der Waals surface area contributed by atoms with Gasteiger partial charge >= 0.3 is 59.2 Å². The van der Waals surface area contributed by atoms with Crippen LogP contribution in [0.3, 0.4) is 0 Å². The first kappa shape index (κ1) is 49.1. The molecule has 20 heteroatoms. The van der Waals surface area contributed by atoms with E-state index in [9.17, 15) is 38.4 Å². The van der Waals surface area contributed by atoms with Gasteiger partial charge in [-0.3, -0.25) is 24.0 Å². The van der Waals surface area contributed by atoms with Crippen molar-refractivity contribution in [3.05, 3.63) is 73.9 Å². The number of ketones is 1. The van der Waals surface area contributed by atoms with Gasteiger partial charge in [0.05, 0.1) is 35.1 Å². The summed E-state index contributed by atoms with van der Waals surface area (Å²) in [6.45, 7) is 7.13. The van der Waals surface area contributed by atoms with Crippen molar-refractivity contribution in [2.75, 3.05) is 13.1 Å². The number of hydrogen-bond acceptors (Lipinski definition) is 13. The Labute approximate surface area is 368 Å². The molecule has 0 bridgehead atoms. The van der Waals surface area contributed by atoms with E-state index in [0.29, 0.717) is 35.8 Å². The third kappa shape index (κ3) is 11.7. The van der Waals surface area contributed by atoms with E-state index in [-0.39, 0.29) is 87.1 Å². The number of carbonyl (C=O) groups is 7. The number of rotatable bonds is 15. The summed E-state index contributed by atoms with van der Waals surface area (Å²) < 4.78 is 17.6. The number of hydroxylamine groups is 2. The molecule has 0 spiro atoms. The van der Waals surface area contributed by atoms with E-state index in [1.807, 2.05) is 19.1 Å². The number of benzene rings is 1. The summed E-state index contributed by atoms with van der Waals surface area (Å²) in [5.41, 5.74) is 17.3. The number of amides is 2. The van der Waals surface area contributed by atoms with Crippen molar-refractivity contribution in [1.29, 1.82) is 0 Å². The van der Waals surface area contributed by atoms with Gasteiger partial charge in [-0.15, -0.1) is 18.2 Å². The second kappa shape index (κ2) is 22.5. The Balaban J connectivity index is 0.000000409. The predicted molar refractivity (Wildman–Crippen MR) is 218 cm³/mol. The van der Waals surface area contributed by atoms with Crippen molar-refractivity contribution >= 4 is 71.2 Å². The van der Waals surface area contributed by atoms with Crippen LogP contribution in [-0.2, 0) is 94.3 Å². The molecule has 332 valence electrons.